The van der Waals surface area contributed by atoms with Gasteiger partial charge in [0, 0.05) is 47.1 Å². The summed E-state index contributed by atoms with van der Waals surface area (Å²) < 4.78 is 0. The number of rotatable bonds is 5. The van der Waals surface area contributed by atoms with Gasteiger partial charge < -0.3 is 4.90 Å². The van der Waals surface area contributed by atoms with Crippen molar-refractivity contribution in [3.63, 3.8) is 0 Å². The molecule has 36 heavy (non-hydrogen) atoms. The van der Waals surface area contributed by atoms with Crippen molar-refractivity contribution in [3.05, 3.63) is 111 Å². The molecule has 0 saturated carbocycles. The van der Waals surface area contributed by atoms with Gasteiger partial charge in [0.2, 0.25) is 0 Å². The van der Waals surface area contributed by atoms with Crippen molar-refractivity contribution >= 4 is 23.0 Å². The molecule has 2 nitrogen and oxygen atoms in total. The molecule has 0 bridgehead atoms. The molecule has 1 heterocycles. The SMILES string of the molecule is C/N=C(\C=C\C1=C(Cl)C(=C/C=C2/N(C)c3ccccc3C2(C)C)/CCC1)C(C)(C)c1ccccc1C. The maximum Gasteiger partial charge on any atom is 0.0470 e. The van der Waals surface area contributed by atoms with Crippen LogP contribution in [0.4, 0.5) is 5.69 Å². The molecule has 0 saturated heterocycles. The van der Waals surface area contributed by atoms with Gasteiger partial charge in [-0.15, -0.1) is 0 Å². The Hall–Kier alpha value is -2.84. The minimum Gasteiger partial charge on any atom is -0.347 e. The van der Waals surface area contributed by atoms with Gasteiger partial charge in [-0.2, -0.15) is 0 Å². The number of likely N-dealkylation sites (N-methyl/N-ethyl adjacent to an activating group) is 1. The van der Waals surface area contributed by atoms with Gasteiger partial charge in [-0.3, -0.25) is 4.99 Å². The normalized spacial score (nSPS) is 20.7. The highest BCUT2D eigenvalue weighted by Crippen LogP contribution is 2.47. The number of fused-ring (bicyclic) bond motifs is 1. The quantitative estimate of drug-likeness (QED) is 0.376. The molecule has 2 aromatic carbocycles. The highest BCUT2D eigenvalue weighted by atomic mass is 35.5. The van der Waals surface area contributed by atoms with Crippen molar-refractivity contribution in [1.82, 2.24) is 0 Å². The predicted octanol–water partition coefficient (Wildman–Crippen LogP) is 8.81. The fourth-order valence-corrected chi connectivity index (χ4v) is 6.16. The number of para-hydroxylation sites is 1. The summed E-state index contributed by atoms with van der Waals surface area (Å²) in [4.78, 5) is 6.98. The van der Waals surface area contributed by atoms with Crippen LogP contribution in [0.1, 0.15) is 63.6 Å². The number of hydrogen-bond donors (Lipinski definition) is 0. The predicted molar refractivity (Wildman–Crippen MR) is 157 cm³/mol. The van der Waals surface area contributed by atoms with Gasteiger partial charge in [0.1, 0.15) is 0 Å². The van der Waals surface area contributed by atoms with Crippen molar-refractivity contribution in [2.24, 2.45) is 4.99 Å². The van der Waals surface area contributed by atoms with Crippen molar-refractivity contribution in [2.75, 3.05) is 19.0 Å². The highest BCUT2D eigenvalue weighted by Gasteiger charge is 2.37. The lowest BCUT2D eigenvalue weighted by Gasteiger charge is -2.27. The van der Waals surface area contributed by atoms with Crippen LogP contribution in [0.5, 0.6) is 0 Å². The molecule has 3 heteroatoms. The van der Waals surface area contributed by atoms with Crippen molar-refractivity contribution < 1.29 is 0 Å². The first kappa shape index (κ1) is 26.2. The smallest absolute Gasteiger partial charge is 0.0470 e. The summed E-state index contributed by atoms with van der Waals surface area (Å²) in [6.07, 6.45) is 11.9. The first-order valence-corrected chi connectivity index (χ1v) is 13.3. The number of anilines is 1. The molecule has 0 aromatic heterocycles. The summed E-state index contributed by atoms with van der Waals surface area (Å²) in [7, 11) is 4.04. The molecule has 4 rings (SSSR count). The maximum atomic E-state index is 6.99. The van der Waals surface area contributed by atoms with E-state index < -0.39 is 0 Å². The van der Waals surface area contributed by atoms with Gasteiger partial charge in [0.15, 0.2) is 0 Å². The zero-order valence-corrected chi connectivity index (χ0v) is 23.6. The Labute approximate surface area is 222 Å². The van der Waals surface area contributed by atoms with E-state index in [1.165, 1.54) is 39.2 Å². The highest BCUT2D eigenvalue weighted by molar-refractivity contribution is 6.32. The third kappa shape index (κ3) is 4.76. The molecular formula is C33H39ClN2. The van der Waals surface area contributed by atoms with E-state index in [1.54, 1.807) is 0 Å². The second kappa shape index (κ2) is 10.3. The number of halogens is 1. The average molecular weight is 499 g/mol. The van der Waals surface area contributed by atoms with E-state index in [0.29, 0.717) is 0 Å². The van der Waals surface area contributed by atoms with Crippen LogP contribution in [-0.4, -0.2) is 19.8 Å². The summed E-state index contributed by atoms with van der Waals surface area (Å²) in [5.74, 6) is 0. The van der Waals surface area contributed by atoms with Crippen LogP contribution < -0.4 is 4.90 Å². The molecule has 0 atom stereocenters. The maximum absolute atomic E-state index is 6.99. The number of aliphatic imine (C=N–C) groups is 1. The fourth-order valence-electron chi connectivity index (χ4n) is 5.84. The molecule has 0 fully saturated rings. The second-order valence-corrected chi connectivity index (χ2v) is 11.4. The molecule has 2 aliphatic rings. The Bertz CT molecular complexity index is 1300. The van der Waals surface area contributed by atoms with Crippen LogP contribution in [0.15, 0.2) is 99.7 Å². The lowest BCUT2D eigenvalue weighted by atomic mass is 9.77. The molecule has 0 N–H and O–H groups in total. The minimum atomic E-state index is -0.185. The van der Waals surface area contributed by atoms with E-state index >= 15 is 0 Å². The molecule has 0 unspecified atom stereocenters. The Kier molecular flexibility index (Phi) is 7.48. The molecule has 0 amide bonds. The topological polar surface area (TPSA) is 15.6 Å². The van der Waals surface area contributed by atoms with Crippen LogP contribution in [0.2, 0.25) is 0 Å². The monoisotopic (exact) mass is 498 g/mol. The number of allylic oxidation sites excluding steroid dienone is 8. The second-order valence-electron chi connectivity index (χ2n) is 11.0. The van der Waals surface area contributed by atoms with Gasteiger partial charge >= 0.3 is 0 Å². The lowest BCUT2D eigenvalue weighted by Crippen LogP contribution is -2.28. The van der Waals surface area contributed by atoms with Gasteiger partial charge in [-0.1, -0.05) is 93.9 Å². The number of aryl methyl sites for hydroxylation is 1. The lowest BCUT2D eigenvalue weighted by molar-refractivity contribution is 0.640. The summed E-state index contributed by atoms with van der Waals surface area (Å²) >= 11 is 6.99. The largest absolute Gasteiger partial charge is 0.347 e. The number of benzene rings is 2. The van der Waals surface area contributed by atoms with Gasteiger partial charge in [-0.05, 0) is 72.2 Å². The fraction of sp³-hybridized carbons (Fsp3) is 0.364. The zero-order chi connectivity index (χ0) is 26.1. The molecule has 2 aromatic rings. The van der Waals surface area contributed by atoms with Crippen molar-refractivity contribution in [3.8, 4) is 0 Å². The number of nitrogens with zero attached hydrogens (tertiary/aromatic N) is 2. The first-order chi connectivity index (χ1) is 17.1. The molecular weight excluding hydrogens is 460 g/mol. The molecule has 188 valence electrons. The Morgan fingerprint density at radius 3 is 2.42 bits per heavy atom. The van der Waals surface area contributed by atoms with E-state index in [4.69, 9.17) is 11.6 Å². The third-order valence-corrected chi connectivity index (χ3v) is 8.47. The van der Waals surface area contributed by atoms with Crippen LogP contribution in [-0.2, 0) is 10.8 Å². The van der Waals surface area contributed by atoms with Crippen molar-refractivity contribution in [1.29, 1.82) is 0 Å². The van der Waals surface area contributed by atoms with E-state index in [1.807, 2.05) is 7.05 Å². The zero-order valence-electron chi connectivity index (χ0n) is 22.8. The summed E-state index contributed by atoms with van der Waals surface area (Å²) in [5.41, 5.74) is 9.77. The summed E-state index contributed by atoms with van der Waals surface area (Å²) in [6, 6.07) is 17.2. The van der Waals surface area contributed by atoms with Crippen LogP contribution >= 0.6 is 11.6 Å². The van der Waals surface area contributed by atoms with Gasteiger partial charge in [0.25, 0.3) is 0 Å². The molecule has 1 aliphatic heterocycles. The Morgan fingerprint density at radius 2 is 1.72 bits per heavy atom. The van der Waals surface area contributed by atoms with E-state index in [-0.39, 0.29) is 10.8 Å². The standard InChI is InChI=1S/C33H39ClN2/c1-23-13-8-9-16-26(23)32(2,3)29(35-6)21-19-24-14-12-15-25(31(24)34)20-22-30-33(4,5)27-17-10-11-18-28(27)36(30)7/h8-11,13,16-22H,12,14-15H2,1-7H3/b21-19+,25-20+,30-22+,35-29+. The Balaban J connectivity index is 1.62. The molecule has 0 radical (unpaired) electrons. The van der Waals surface area contributed by atoms with Gasteiger partial charge in [0.05, 0.1) is 0 Å². The van der Waals surface area contributed by atoms with Crippen LogP contribution in [0.3, 0.4) is 0 Å². The molecule has 0 spiro atoms. The van der Waals surface area contributed by atoms with E-state index in [0.717, 1.165) is 30.0 Å². The van der Waals surface area contributed by atoms with Crippen LogP contribution in [0.25, 0.3) is 0 Å². The third-order valence-electron chi connectivity index (χ3n) is 7.98. The summed E-state index contributed by atoms with van der Waals surface area (Å²) in [6.45, 7) is 11.3. The Morgan fingerprint density at radius 1 is 1.03 bits per heavy atom. The van der Waals surface area contributed by atoms with E-state index in [2.05, 4.69) is 124 Å². The first-order valence-electron chi connectivity index (χ1n) is 12.9. The molecule has 1 aliphatic carbocycles. The van der Waals surface area contributed by atoms with Gasteiger partial charge in [-0.25, -0.2) is 0 Å². The average Bonchev–Trinajstić information content (AvgIpc) is 3.05. The number of hydrogen-bond acceptors (Lipinski definition) is 2. The minimum absolute atomic E-state index is 0.0381. The van der Waals surface area contributed by atoms with Crippen molar-refractivity contribution in [2.45, 2.75) is 64.7 Å². The van der Waals surface area contributed by atoms with E-state index in [9.17, 15) is 0 Å². The van der Waals surface area contributed by atoms with Crippen LogP contribution in [0, 0.1) is 6.92 Å². The summed E-state index contributed by atoms with van der Waals surface area (Å²) in [5, 5.41) is 0.884.